The number of carbonyl (C=O) groups excluding carboxylic acids is 1. The first-order valence-corrected chi connectivity index (χ1v) is 9.54. The summed E-state index contributed by atoms with van der Waals surface area (Å²) in [4.78, 5) is 12.4. The highest BCUT2D eigenvalue weighted by Crippen LogP contribution is 2.18. The molecule has 140 valence electrons. The molecule has 27 heavy (non-hydrogen) atoms. The van der Waals surface area contributed by atoms with E-state index in [1.165, 1.54) is 25.5 Å². The third-order valence-corrected chi connectivity index (χ3v) is 5.15. The number of nitrogens with one attached hydrogen (secondary N) is 2. The zero-order chi connectivity index (χ0) is 19.3. The molecule has 0 unspecified atom stereocenters. The first-order valence-electron chi connectivity index (χ1n) is 8.05. The van der Waals surface area contributed by atoms with Crippen LogP contribution < -0.4 is 14.8 Å². The highest BCUT2D eigenvalue weighted by molar-refractivity contribution is 7.89. The van der Waals surface area contributed by atoms with Crippen LogP contribution in [0, 0.1) is 0 Å². The lowest BCUT2D eigenvalue weighted by atomic mass is 10.2. The van der Waals surface area contributed by atoms with Gasteiger partial charge in [-0.2, -0.15) is 0 Å². The monoisotopic (exact) mass is 386 g/mol. The SMILES string of the molecule is COc1cccc(C(=O)Nc2cccc(S(=O)(=O)NCc3ccco3)c2)c1. The molecule has 3 rings (SSSR count). The number of hydrogen-bond acceptors (Lipinski definition) is 5. The molecule has 8 heteroatoms. The Hall–Kier alpha value is -3.10. The number of sulfonamides is 1. The fourth-order valence-electron chi connectivity index (χ4n) is 2.37. The number of amides is 1. The van der Waals surface area contributed by atoms with Crippen LogP contribution >= 0.6 is 0 Å². The molecule has 1 amide bonds. The molecule has 1 aromatic heterocycles. The number of benzene rings is 2. The lowest BCUT2D eigenvalue weighted by Gasteiger charge is -2.09. The van der Waals surface area contributed by atoms with E-state index in [2.05, 4.69) is 10.0 Å². The van der Waals surface area contributed by atoms with E-state index in [0.717, 1.165) is 0 Å². The van der Waals surface area contributed by atoms with Crippen LogP contribution in [0.15, 0.2) is 76.2 Å². The highest BCUT2D eigenvalue weighted by Gasteiger charge is 2.16. The minimum atomic E-state index is -3.75. The van der Waals surface area contributed by atoms with E-state index in [1.54, 1.807) is 48.5 Å². The Bertz CT molecular complexity index is 1030. The van der Waals surface area contributed by atoms with Crippen molar-refractivity contribution in [1.29, 1.82) is 0 Å². The van der Waals surface area contributed by atoms with Crippen LogP contribution in [0.2, 0.25) is 0 Å². The summed E-state index contributed by atoms with van der Waals surface area (Å²) in [6, 6.07) is 16.0. The largest absolute Gasteiger partial charge is 0.497 e. The van der Waals surface area contributed by atoms with Crippen molar-refractivity contribution >= 4 is 21.6 Å². The topological polar surface area (TPSA) is 97.6 Å². The van der Waals surface area contributed by atoms with Gasteiger partial charge in [-0.05, 0) is 48.5 Å². The highest BCUT2D eigenvalue weighted by atomic mass is 32.2. The summed E-state index contributed by atoms with van der Waals surface area (Å²) in [5.74, 6) is 0.689. The van der Waals surface area contributed by atoms with Gasteiger partial charge >= 0.3 is 0 Å². The van der Waals surface area contributed by atoms with Crippen LogP contribution in [-0.2, 0) is 16.6 Å². The molecule has 0 saturated carbocycles. The Labute approximate surface area is 157 Å². The molecule has 1 heterocycles. The predicted molar refractivity (Wildman–Crippen MR) is 100 cm³/mol. The van der Waals surface area contributed by atoms with Crippen molar-refractivity contribution in [2.24, 2.45) is 0 Å². The fourth-order valence-corrected chi connectivity index (χ4v) is 3.41. The normalized spacial score (nSPS) is 11.1. The molecule has 0 spiro atoms. The molecule has 0 fully saturated rings. The summed E-state index contributed by atoms with van der Waals surface area (Å²) in [5, 5.41) is 2.69. The van der Waals surface area contributed by atoms with Gasteiger partial charge in [0.25, 0.3) is 5.91 Å². The van der Waals surface area contributed by atoms with Crippen molar-refractivity contribution in [3.63, 3.8) is 0 Å². The summed E-state index contributed by atoms with van der Waals surface area (Å²) in [6.45, 7) is 0.0374. The smallest absolute Gasteiger partial charge is 0.255 e. The summed E-state index contributed by atoms with van der Waals surface area (Å²) in [6.07, 6.45) is 1.47. The summed E-state index contributed by atoms with van der Waals surface area (Å²) in [7, 11) is -2.24. The van der Waals surface area contributed by atoms with Crippen molar-refractivity contribution in [1.82, 2.24) is 4.72 Å². The molecule has 0 saturated heterocycles. The number of hydrogen-bond donors (Lipinski definition) is 2. The molecular formula is C19H18N2O5S. The van der Waals surface area contributed by atoms with Gasteiger partial charge < -0.3 is 14.5 Å². The van der Waals surface area contributed by atoms with Crippen molar-refractivity contribution in [2.75, 3.05) is 12.4 Å². The molecule has 7 nitrogen and oxygen atoms in total. The molecule has 0 aliphatic carbocycles. The van der Waals surface area contributed by atoms with E-state index >= 15 is 0 Å². The number of carbonyl (C=O) groups is 1. The van der Waals surface area contributed by atoms with E-state index < -0.39 is 10.0 Å². The second-order valence-electron chi connectivity index (χ2n) is 5.62. The standard InChI is InChI=1S/C19H18N2O5S/c1-25-16-7-2-5-14(11-16)19(22)21-15-6-3-9-18(12-15)27(23,24)20-13-17-8-4-10-26-17/h2-12,20H,13H2,1H3,(H,21,22). The van der Waals surface area contributed by atoms with Crippen molar-refractivity contribution < 1.29 is 22.4 Å². The Morgan fingerprint density at radius 3 is 2.63 bits per heavy atom. The maximum Gasteiger partial charge on any atom is 0.255 e. The van der Waals surface area contributed by atoms with Gasteiger partial charge in [0.1, 0.15) is 11.5 Å². The third-order valence-electron chi connectivity index (χ3n) is 3.75. The molecule has 0 atom stereocenters. The number of furan rings is 1. The third kappa shape index (κ3) is 4.75. The van der Waals surface area contributed by atoms with Crippen molar-refractivity contribution in [2.45, 2.75) is 11.4 Å². The Kier molecular flexibility index (Phi) is 5.58. The quantitative estimate of drug-likeness (QED) is 0.650. The van der Waals surface area contributed by atoms with Gasteiger partial charge in [-0.25, -0.2) is 13.1 Å². The summed E-state index contributed by atoms with van der Waals surface area (Å²) >= 11 is 0. The van der Waals surface area contributed by atoms with Gasteiger partial charge in [0.15, 0.2) is 0 Å². The lowest BCUT2D eigenvalue weighted by Crippen LogP contribution is -2.23. The van der Waals surface area contributed by atoms with Crippen LogP contribution in [-0.4, -0.2) is 21.4 Å². The Morgan fingerprint density at radius 1 is 1.07 bits per heavy atom. The minimum Gasteiger partial charge on any atom is -0.497 e. The van der Waals surface area contributed by atoms with Gasteiger partial charge in [0, 0.05) is 11.3 Å². The van der Waals surface area contributed by atoms with Crippen molar-refractivity contribution in [3.8, 4) is 5.75 Å². The van der Waals surface area contributed by atoms with Crippen LogP contribution in [0.3, 0.4) is 0 Å². The van der Waals surface area contributed by atoms with Gasteiger partial charge in [0.05, 0.1) is 24.8 Å². The molecule has 3 aromatic rings. The predicted octanol–water partition coefficient (Wildman–Crippen LogP) is 3.02. The summed E-state index contributed by atoms with van der Waals surface area (Å²) < 4.78 is 37.5. The average molecular weight is 386 g/mol. The molecule has 2 N–H and O–H groups in total. The zero-order valence-corrected chi connectivity index (χ0v) is 15.3. The molecule has 0 bridgehead atoms. The maximum atomic E-state index is 12.4. The second-order valence-corrected chi connectivity index (χ2v) is 7.38. The Balaban J connectivity index is 1.73. The zero-order valence-electron chi connectivity index (χ0n) is 14.5. The van der Waals surface area contributed by atoms with Gasteiger partial charge in [-0.3, -0.25) is 4.79 Å². The molecular weight excluding hydrogens is 368 g/mol. The van der Waals surface area contributed by atoms with E-state index in [1.807, 2.05) is 0 Å². The summed E-state index contributed by atoms with van der Waals surface area (Å²) in [5.41, 5.74) is 0.766. The number of ether oxygens (including phenoxy) is 1. The average Bonchev–Trinajstić information content (AvgIpc) is 3.20. The molecule has 0 aliphatic rings. The van der Waals surface area contributed by atoms with E-state index in [4.69, 9.17) is 9.15 Å². The molecule has 0 aliphatic heterocycles. The van der Waals surface area contributed by atoms with E-state index in [9.17, 15) is 13.2 Å². The van der Waals surface area contributed by atoms with Gasteiger partial charge in [-0.1, -0.05) is 12.1 Å². The van der Waals surface area contributed by atoms with Crippen LogP contribution in [0.25, 0.3) is 0 Å². The second kappa shape index (κ2) is 8.07. The van der Waals surface area contributed by atoms with Crippen LogP contribution in [0.4, 0.5) is 5.69 Å². The fraction of sp³-hybridized carbons (Fsp3) is 0.105. The first kappa shape index (κ1) is 18.7. The van der Waals surface area contributed by atoms with E-state index in [0.29, 0.717) is 22.8 Å². The number of anilines is 1. The van der Waals surface area contributed by atoms with Gasteiger partial charge in [-0.15, -0.1) is 0 Å². The maximum absolute atomic E-state index is 12.4. The van der Waals surface area contributed by atoms with Gasteiger partial charge in [0.2, 0.25) is 10.0 Å². The van der Waals surface area contributed by atoms with E-state index in [-0.39, 0.29) is 17.3 Å². The molecule has 0 radical (unpaired) electrons. The van der Waals surface area contributed by atoms with Crippen LogP contribution in [0.5, 0.6) is 5.75 Å². The number of rotatable bonds is 7. The molecule has 2 aromatic carbocycles. The number of methoxy groups -OCH3 is 1. The lowest BCUT2D eigenvalue weighted by molar-refractivity contribution is 0.102. The van der Waals surface area contributed by atoms with Crippen molar-refractivity contribution in [3.05, 3.63) is 78.3 Å². The first-order chi connectivity index (χ1) is 13.0. The van der Waals surface area contributed by atoms with Crippen LogP contribution in [0.1, 0.15) is 16.1 Å². The Morgan fingerprint density at radius 2 is 1.89 bits per heavy atom. The minimum absolute atomic E-state index is 0.0374.